The maximum atomic E-state index is 12.6. The Kier molecular flexibility index (Phi) is 6.08. The van der Waals surface area contributed by atoms with E-state index in [9.17, 15) is 9.90 Å². The molecule has 2 aliphatic rings. The van der Waals surface area contributed by atoms with Gasteiger partial charge in [0.25, 0.3) is 5.56 Å². The Bertz CT molecular complexity index is 1430. The minimum atomic E-state index is -0.502. The molecule has 2 aliphatic heterocycles. The number of likely N-dealkylation sites (N-methyl/N-ethyl adjacent to an activating group) is 1. The molecule has 0 fully saturated rings. The zero-order valence-electron chi connectivity index (χ0n) is 19.7. The number of H-pyrrole nitrogens is 1. The molecular formula is C25H26N4O5S. The van der Waals surface area contributed by atoms with Gasteiger partial charge in [0.1, 0.15) is 5.56 Å². The highest BCUT2D eigenvalue weighted by atomic mass is 32.1. The molecule has 1 aromatic heterocycles. The third-order valence-electron chi connectivity index (χ3n) is 6.46. The summed E-state index contributed by atoms with van der Waals surface area (Å²) in [6.07, 6.45) is 2.24. The molecule has 3 aromatic rings. The summed E-state index contributed by atoms with van der Waals surface area (Å²) in [4.78, 5) is 22.0. The fourth-order valence-electron chi connectivity index (χ4n) is 4.59. The van der Waals surface area contributed by atoms with Crippen LogP contribution in [0.2, 0.25) is 0 Å². The van der Waals surface area contributed by atoms with Gasteiger partial charge in [0.2, 0.25) is 18.4 Å². The molecule has 0 saturated heterocycles. The number of aryl methyl sites for hydroxylation is 1. The molecule has 3 heterocycles. The summed E-state index contributed by atoms with van der Waals surface area (Å²) in [5.74, 6) is 1.68. The summed E-state index contributed by atoms with van der Waals surface area (Å²) in [7, 11) is 3.64. The Morgan fingerprint density at radius 1 is 1.31 bits per heavy atom. The van der Waals surface area contributed by atoms with Crippen molar-refractivity contribution in [1.29, 1.82) is 0 Å². The molecule has 0 aliphatic carbocycles. The molecule has 10 heteroatoms. The lowest BCUT2D eigenvalue weighted by Gasteiger charge is -2.35. The first-order valence-electron chi connectivity index (χ1n) is 11.2. The molecule has 0 saturated carbocycles. The van der Waals surface area contributed by atoms with Gasteiger partial charge in [-0.2, -0.15) is 0 Å². The van der Waals surface area contributed by atoms with E-state index in [4.69, 9.17) is 26.4 Å². The van der Waals surface area contributed by atoms with Crippen molar-refractivity contribution >= 4 is 18.4 Å². The molecule has 5 rings (SSSR count). The zero-order valence-corrected chi connectivity index (χ0v) is 20.5. The van der Waals surface area contributed by atoms with Crippen molar-refractivity contribution in [1.82, 2.24) is 14.5 Å². The quantitative estimate of drug-likeness (QED) is 0.415. The number of hydrogen-bond donors (Lipinski definition) is 2. The molecular weight excluding hydrogens is 468 g/mol. The second-order valence-electron chi connectivity index (χ2n) is 8.62. The highest BCUT2D eigenvalue weighted by Crippen LogP contribution is 2.49. The van der Waals surface area contributed by atoms with Gasteiger partial charge in [0.15, 0.2) is 16.3 Å². The average molecular weight is 495 g/mol. The fourth-order valence-corrected chi connectivity index (χ4v) is 4.87. The van der Waals surface area contributed by atoms with Crippen molar-refractivity contribution in [2.45, 2.75) is 19.4 Å². The molecule has 0 radical (unpaired) electrons. The molecule has 182 valence electrons. The molecule has 0 amide bonds. The predicted molar refractivity (Wildman–Crippen MR) is 134 cm³/mol. The smallest absolute Gasteiger partial charge is 0.264 e. The van der Waals surface area contributed by atoms with Crippen LogP contribution >= 0.6 is 12.2 Å². The maximum Gasteiger partial charge on any atom is 0.264 e. The Morgan fingerprint density at radius 3 is 2.83 bits per heavy atom. The summed E-state index contributed by atoms with van der Waals surface area (Å²) in [6.45, 7) is 3.31. The number of nitrogens with one attached hydrogen (secondary N) is 1. The van der Waals surface area contributed by atoms with E-state index in [0.717, 1.165) is 29.7 Å². The van der Waals surface area contributed by atoms with Gasteiger partial charge in [-0.25, -0.2) is 0 Å². The van der Waals surface area contributed by atoms with Crippen LogP contribution in [0.5, 0.6) is 23.1 Å². The van der Waals surface area contributed by atoms with E-state index in [2.05, 4.69) is 14.9 Å². The number of methoxy groups -OCH3 is 1. The maximum absolute atomic E-state index is 12.6. The first-order valence-corrected chi connectivity index (χ1v) is 11.6. The summed E-state index contributed by atoms with van der Waals surface area (Å²) >= 11 is 5.30. The number of aromatic amines is 1. The highest BCUT2D eigenvalue weighted by Gasteiger charge is 2.33. The Balaban J connectivity index is 1.50. The summed E-state index contributed by atoms with van der Waals surface area (Å²) in [5, 5.41) is 10.9. The number of benzene rings is 2. The van der Waals surface area contributed by atoms with Gasteiger partial charge in [-0.05, 0) is 56.4 Å². The average Bonchev–Trinajstić information content (AvgIpc) is 3.30. The first kappa shape index (κ1) is 23.1. The molecule has 2 N–H and O–H groups in total. The lowest BCUT2D eigenvalue weighted by atomic mass is 9.91. The Morgan fingerprint density at radius 2 is 2.09 bits per heavy atom. The van der Waals surface area contributed by atoms with Crippen LogP contribution < -0.4 is 19.8 Å². The number of fused-ring (bicyclic) bond motifs is 2. The van der Waals surface area contributed by atoms with E-state index in [1.165, 1.54) is 10.8 Å². The molecule has 9 nitrogen and oxygen atoms in total. The summed E-state index contributed by atoms with van der Waals surface area (Å²) in [5.41, 5.74) is 3.37. The lowest BCUT2D eigenvalue weighted by Crippen LogP contribution is -2.34. The van der Waals surface area contributed by atoms with E-state index < -0.39 is 5.56 Å². The second kappa shape index (κ2) is 9.20. The van der Waals surface area contributed by atoms with Gasteiger partial charge in [0, 0.05) is 18.3 Å². The van der Waals surface area contributed by atoms with Crippen molar-refractivity contribution in [3.63, 3.8) is 0 Å². The zero-order chi connectivity index (χ0) is 24.7. The normalized spacial score (nSPS) is 17.1. The highest BCUT2D eigenvalue weighted by molar-refractivity contribution is 7.71. The third-order valence-corrected chi connectivity index (χ3v) is 6.74. The molecule has 1 unspecified atom stereocenters. The van der Waals surface area contributed by atoms with E-state index in [1.807, 2.05) is 44.3 Å². The number of ether oxygens (including phenoxy) is 3. The van der Waals surface area contributed by atoms with E-state index in [1.54, 1.807) is 7.11 Å². The Labute approximate surface area is 207 Å². The number of aromatic hydroxyl groups is 1. The number of hydrogen-bond acceptors (Lipinski definition) is 8. The van der Waals surface area contributed by atoms with Crippen molar-refractivity contribution in [3.05, 3.63) is 67.7 Å². The number of rotatable bonds is 5. The molecule has 0 spiro atoms. The van der Waals surface area contributed by atoms with Crippen LogP contribution in [0, 0.1) is 11.7 Å². The molecule has 1 atom stereocenters. The fraction of sp³-hybridized carbons (Fsp3) is 0.320. The van der Waals surface area contributed by atoms with Crippen LogP contribution in [0.3, 0.4) is 0 Å². The van der Waals surface area contributed by atoms with Gasteiger partial charge in [0.05, 0.1) is 25.4 Å². The predicted octanol–water partition coefficient (Wildman–Crippen LogP) is 3.29. The number of nitrogens with zero attached hydrogens (tertiary/aromatic N) is 3. The standard InChI is InChI=1S/C25H26N4O5S/c1-14-4-6-16(7-5-14)29-24(31)17(23(30)27-25(29)35)11-26-12-18-20-15(8-9-28(18)2)10-19-21(22(20)32-3)34-13-33-19/h4-7,10-11,18,31H,8-9,12-13H2,1-3H3,(H,27,30,35). The van der Waals surface area contributed by atoms with Crippen molar-refractivity contribution < 1.29 is 19.3 Å². The van der Waals surface area contributed by atoms with E-state index in [0.29, 0.717) is 29.5 Å². The van der Waals surface area contributed by atoms with Crippen molar-refractivity contribution in [2.75, 3.05) is 34.0 Å². The van der Waals surface area contributed by atoms with Crippen LogP contribution in [0.1, 0.15) is 28.3 Å². The largest absolute Gasteiger partial charge is 0.494 e. The topological polar surface area (TPSA) is 101 Å². The first-order chi connectivity index (χ1) is 16.9. The van der Waals surface area contributed by atoms with Crippen LogP contribution in [0.15, 0.2) is 40.1 Å². The minimum absolute atomic E-state index is 0.0375. The Hall–Kier alpha value is -3.63. The van der Waals surface area contributed by atoms with Crippen LogP contribution in [0.25, 0.3) is 5.69 Å². The van der Waals surface area contributed by atoms with E-state index in [-0.39, 0.29) is 29.0 Å². The van der Waals surface area contributed by atoms with Gasteiger partial charge in [-0.1, -0.05) is 17.7 Å². The van der Waals surface area contributed by atoms with Gasteiger partial charge in [-0.3, -0.25) is 24.2 Å². The van der Waals surface area contributed by atoms with E-state index >= 15 is 0 Å². The SMILES string of the molecule is COc1c2c(cc3c1C(CN=Cc1c(O)n(-c4ccc(C)cc4)c(=S)[nH]c1=O)N(C)CC3)OCO2. The van der Waals surface area contributed by atoms with Crippen LogP contribution in [0.4, 0.5) is 0 Å². The van der Waals surface area contributed by atoms with Gasteiger partial charge < -0.3 is 19.3 Å². The molecule has 35 heavy (non-hydrogen) atoms. The van der Waals surface area contributed by atoms with Gasteiger partial charge >= 0.3 is 0 Å². The van der Waals surface area contributed by atoms with Crippen molar-refractivity contribution in [2.24, 2.45) is 4.99 Å². The van der Waals surface area contributed by atoms with Gasteiger partial charge in [-0.15, -0.1) is 0 Å². The second-order valence-corrected chi connectivity index (χ2v) is 9.01. The number of aromatic nitrogens is 2. The number of aliphatic imine (C=N–C) groups is 1. The van der Waals surface area contributed by atoms with Crippen molar-refractivity contribution in [3.8, 4) is 28.8 Å². The van der Waals surface area contributed by atoms with Crippen LogP contribution in [-0.2, 0) is 6.42 Å². The molecule has 0 bridgehead atoms. The lowest BCUT2D eigenvalue weighted by molar-refractivity contribution is 0.170. The summed E-state index contributed by atoms with van der Waals surface area (Å²) < 4.78 is 18.5. The minimum Gasteiger partial charge on any atom is -0.494 e. The summed E-state index contributed by atoms with van der Waals surface area (Å²) in [6, 6.07) is 9.37. The third kappa shape index (κ3) is 4.08. The van der Waals surface area contributed by atoms with Crippen LogP contribution in [-0.4, -0.2) is 59.8 Å². The monoisotopic (exact) mass is 494 g/mol. The molecule has 2 aromatic carbocycles.